The van der Waals surface area contributed by atoms with Crippen LogP contribution in [0.4, 0.5) is 22.0 Å². The van der Waals surface area contributed by atoms with Crippen molar-refractivity contribution in [3.8, 4) is 0 Å². The average molecular weight is 274 g/mol. The van der Waals surface area contributed by atoms with Gasteiger partial charge in [-0.15, -0.1) is 10.2 Å². The van der Waals surface area contributed by atoms with Crippen molar-refractivity contribution in [1.29, 1.82) is 0 Å². The van der Waals surface area contributed by atoms with Crippen LogP contribution in [0.3, 0.4) is 0 Å². The van der Waals surface area contributed by atoms with E-state index in [1.54, 1.807) is 0 Å². The van der Waals surface area contributed by atoms with Crippen LogP contribution in [0.2, 0.25) is 0 Å². The van der Waals surface area contributed by atoms with E-state index in [0.29, 0.717) is 0 Å². The summed E-state index contributed by atoms with van der Waals surface area (Å²) in [6.07, 6.45) is -6.30. The highest BCUT2D eigenvalue weighted by Crippen LogP contribution is 2.43. The first-order chi connectivity index (χ1) is 8.14. The fourth-order valence-electron chi connectivity index (χ4n) is 0.994. The number of aliphatic carboxylic acids is 1. The van der Waals surface area contributed by atoms with Gasteiger partial charge in [-0.05, 0) is 6.42 Å². The molecule has 102 valence electrons. The Bertz CT molecular complexity index is 429. The van der Waals surface area contributed by atoms with Gasteiger partial charge in [0.15, 0.2) is 0 Å². The van der Waals surface area contributed by atoms with Gasteiger partial charge in [0.1, 0.15) is 0 Å². The first-order valence-corrected chi connectivity index (χ1v) is 4.64. The second-order valence-electron chi connectivity index (χ2n) is 3.32. The SMILES string of the molecule is O=C(O)CCCc1nnc(C(F)(F)C(F)(F)F)o1. The first-order valence-electron chi connectivity index (χ1n) is 4.64. The van der Waals surface area contributed by atoms with Gasteiger partial charge >= 0.3 is 18.1 Å². The summed E-state index contributed by atoms with van der Waals surface area (Å²) in [6, 6.07) is 0. The van der Waals surface area contributed by atoms with Gasteiger partial charge in [0.2, 0.25) is 5.89 Å². The molecule has 0 aliphatic rings. The maximum absolute atomic E-state index is 12.7. The second kappa shape index (κ2) is 4.86. The van der Waals surface area contributed by atoms with Gasteiger partial charge in [-0.2, -0.15) is 22.0 Å². The number of aromatic nitrogens is 2. The summed E-state index contributed by atoms with van der Waals surface area (Å²) in [6.45, 7) is 0. The summed E-state index contributed by atoms with van der Waals surface area (Å²) in [5.41, 5.74) is 0. The smallest absolute Gasteiger partial charge is 0.463 e. The number of carboxylic acids is 1. The number of aryl methyl sites for hydroxylation is 1. The van der Waals surface area contributed by atoms with Gasteiger partial charge in [-0.3, -0.25) is 4.79 Å². The maximum atomic E-state index is 12.7. The zero-order valence-corrected chi connectivity index (χ0v) is 8.67. The maximum Gasteiger partial charge on any atom is 0.463 e. The molecule has 0 aromatic carbocycles. The number of nitrogens with zero attached hydrogens (tertiary/aromatic N) is 2. The van der Waals surface area contributed by atoms with E-state index in [-0.39, 0.29) is 19.3 Å². The third-order valence-electron chi connectivity index (χ3n) is 1.87. The summed E-state index contributed by atoms with van der Waals surface area (Å²) in [5.74, 6) is -8.66. The van der Waals surface area contributed by atoms with Crippen LogP contribution < -0.4 is 0 Å². The van der Waals surface area contributed by atoms with Crippen molar-refractivity contribution in [2.24, 2.45) is 0 Å². The Hall–Kier alpha value is -1.74. The average Bonchev–Trinajstić information content (AvgIpc) is 2.64. The van der Waals surface area contributed by atoms with Gasteiger partial charge in [-0.1, -0.05) is 0 Å². The summed E-state index contributed by atoms with van der Waals surface area (Å²) >= 11 is 0. The van der Waals surface area contributed by atoms with Gasteiger partial charge in [0.25, 0.3) is 5.89 Å². The Morgan fingerprint density at radius 1 is 1.22 bits per heavy atom. The number of carbonyl (C=O) groups is 1. The Labute approximate surface area is 96.6 Å². The minimum Gasteiger partial charge on any atom is -0.481 e. The molecule has 5 nitrogen and oxygen atoms in total. The predicted molar refractivity (Wildman–Crippen MR) is 44.8 cm³/mol. The molecule has 0 unspecified atom stereocenters. The molecule has 1 heterocycles. The van der Waals surface area contributed by atoms with E-state index < -0.39 is 29.8 Å². The van der Waals surface area contributed by atoms with Gasteiger partial charge in [-0.25, -0.2) is 0 Å². The second-order valence-corrected chi connectivity index (χ2v) is 3.32. The number of halogens is 5. The standard InChI is InChI=1S/C8H7F5N2O3/c9-7(10,8(11,12)13)6-15-14-4(18-6)2-1-3-5(16)17/h1-3H2,(H,16,17). The molecular formula is C8H7F5N2O3. The highest BCUT2D eigenvalue weighted by atomic mass is 19.4. The van der Waals surface area contributed by atoms with Gasteiger partial charge < -0.3 is 9.52 Å². The molecular weight excluding hydrogens is 267 g/mol. The van der Waals surface area contributed by atoms with Gasteiger partial charge in [0, 0.05) is 12.8 Å². The zero-order valence-electron chi connectivity index (χ0n) is 8.67. The molecule has 0 bridgehead atoms. The number of alkyl halides is 5. The minimum atomic E-state index is -5.82. The Morgan fingerprint density at radius 3 is 2.33 bits per heavy atom. The monoisotopic (exact) mass is 274 g/mol. The van der Waals surface area contributed by atoms with Gasteiger partial charge in [0.05, 0.1) is 0 Å². The molecule has 0 aliphatic carbocycles. The summed E-state index contributed by atoms with van der Waals surface area (Å²) in [7, 11) is 0. The van der Waals surface area contributed by atoms with Crippen LogP contribution in [-0.4, -0.2) is 27.4 Å². The summed E-state index contributed by atoms with van der Waals surface area (Å²) in [5, 5.41) is 13.9. The molecule has 0 aliphatic heterocycles. The molecule has 0 amide bonds. The summed E-state index contributed by atoms with van der Waals surface area (Å²) < 4.78 is 65.4. The van der Waals surface area contributed by atoms with Crippen LogP contribution in [-0.2, 0) is 17.1 Å². The molecule has 1 aromatic rings. The van der Waals surface area contributed by atoms with Crippen molar-refractivity contribution in [1.82, 2.24) is 10.2 Å². The van der Waals surface area contributed by atoms with Crippen molar-refractivity contribution in [2.75, 3.05) is 0 Å². The molecule has 1 aromatic heterocycles. The molecule has 18 heavy (non-hydrogen) atoms. The molecule has 1 rings (SSSR count). The fraction of sp³-hybridized carbons (Fsp3) is 0.625. The summed E-state index contributed by atoms with van der Waals surface area (Å²) in [4.78, 5) is 10.2. The largest absolute Gasteiger partial charge is 0.481 e. The molecule has 0 saturated heterocycles. The van der Waals surface area contributed by atoms with Crippen LogP contribution in [0, 0.1) is 0 Å². The lowest BCUT2D eigenvalue weighted by Crippen LogP contribution is -2.34. The highest BCUT2D eigenvalue weighted by Gasteiger charge is 2.62. The van der Waals surface area contributed by atoms with Crippen molar-refractivity contribution >= 4 is 5.97 Å². The quantitative estimate of drug-likeness (QED) is 0.832. The third kappa shape index (κ3) is 3.14. The fourth-order valence-corrected chi connectivity index (χ4v) is 0.994. The molecule has 0 atom stereocenters. The highest BCUT2D eigenvalue weighted by molar-refractivity contribution is 5.66. The van der Waals surface area contributed by atoms with Crippen LogP contribution in [0.1, 0.15) is 24.6 Å². The van der Waals surface area contributed by atoms with E-state index in [1.807, 2.05) is 0 Å². The van der Waals surface area contributed by atoms with Crippen LogP contribution in [0.5, 0.6) is 0 Å². The third-order valence-corrected chi connectivity index (χ3v) is 1.87. The van der Waals surface area contributed by atoms with E-state index >= 15 is 0 Å². The van der Waals surface area contributed by atoms with Crippen LogP contribution in [0.15, 0.2) is 4.42 Å². The Balaban J connectivity index is 2.71. The van der Waals surface area contributed by atoms with Crippen LogP contribution in [0.25, 0.3) is 0 Å². The number of rotatable bonds is 5. The topological polar surface area (TPSA) is 76.2 Å². The molecule has 0 radical (unpaired) electrons. The van der Waals surface area contributed by atoms with Crippen molar-refractivity contribution < 1.29 is 36.3 Å². The van der Waals surface area contributed by atoms with Crippen molar-refractivity contribution in [3.63, 3.8) is 0 Å². The molecule has 10 heteroatoms. The molecule has 1 N–H and O–H groups in total. The number of carboxylic acid groups (broad SMARTS) is 1. The van der Waals surface area contributed by atoms with Crippen molar-refractivity contribution in [3.05, 3.63) is 11.8 Å². The molecule has 0 spiro atoms. The van der Waals surface area contributed by atoms with E-state index in [9.17, 15) is 26.7 Å². The first kappa shape index (κ1) is 14.3. The number of hydrogen-bond acceptors (Lipinski definition) is 4. The van der Waals surface area contributed by atoms with E-state index in [2.05, 4.69) is 14.6 Å². The van der Waals surface area contributed by atoms with Crippen molar-refractivity contribution in [2.45, 2.75) is 31.4 Å². The predicted octanol–water partition coefficient (Wildman–Crippen LogP) is 2.13. The van der Waals surface area contributed by atoms with Crippen LogP contribution >= 0.6 is 0 Å². The zero-order chi connectivity index (χ0) is 14.0. The minimum absolute atomic E-state index is 0.00540. The molecule has 0 fully saturated rings. The van der Waals surface area contributed by atoms with E-state index in [0.717, 1.165) is 0 Å². The lowest BCUT2D eigenvalue weighted by molar-refractivity contribution is -0.297. The lowest BCUT2D eigenvalue weighted by atomic mass is 10.2. The molecule has 0 saturated carbocycles. The Morgan fingerprint density at radius 2 is 1.83 bits per heavy atom. The normalized spacial score (nSPS) is 12.7. The lowest BCUT2D eigenvalue weighted by Gasteiger charge is -2.14. The Kier molecular flexibility index (Phi) is 3.87. The van der Waals surface area contributed by atoms with E-state index in [4.69, 9.17) is 5.11 Å². The van der Waals surface area contributed by atoms with E-state index in [1.165, 1.54) is 0 Å². The number of hydrogen-bond donors (Lipinski definition) is 1.